The van der Waals surface area contributed by atoms with Gasteiger partial charge in [0.15, 0.2) is 0 Å². The van der Waals surface area contributed by atoms with Gasteiger partial charge in [0.1, 0.15) is 18.3 Å². The average Bonchev–Trinajstić information content (AvgIpc) is 3.04. The Balaban J connectivity index is 1.91. The number of nitrogens with zero attached hydrogens (tertiary/aromatic N) is 3. The van der Waals surface area contributed by atoms with E-state index in [0.29, 0.717) is 5.56 Å². The Hall–Kier alpha value is -4.46. The molecule has 0 aromatic heterocycles. The standard InChI is InChI=1S/C36H38BrClN4O7S/c1-24-14-16-29(21-30(24)42(45)46)50(47,48)41(31-20-28(38)15-17-33(31)49-5)23-34(43)40(22-26-12-9-13-27(37)18-26)32(35(44)39-36(2,3)4)19-25-10-7-6-8-11-25/h6-18,20-21,32H,19,22-23H2,1-5H3,(H,39,44)/t32-/m0/s1. The van der Waals surface area contributed by atoms with Gasteiger partial charge in [0, 0.05) is 39.6 Å². The van der Waals surface area contributed by atoms with Crippen molar-refractivity contribution < 1.29 is 27.7 Å². The van der Waals surface area contributed by atoms with Crippen LogP contribution in [0.4, 0.5) is 11.4 Å². The van der Waals surface area contributed by atoms with Crippen LogP contribution in [0.5, 0.6) is 5.75 Å². The number of carbonyl (C=O) groups is 2. The van der Waals surface area contributed by atoms with Gasteiger partial charge in [-0.15, -0.1) is 0 Å². The quantitative estimate of drug-likeness (QED) is 0.113. The smallest absolute Gasteiger partial charge is 0.273 e. The van der Waals surface area contributed by atoms with Crippen LogP contribution in [-0.4, -0.2) is 55.3 Å². The highest BCUT2D eigenvalue weighted by molar-refractivity contribution is 9.10. The summed E-state index contributed by atoms with van der Waals surface area (Å²) >= 11 is 9.82. The van der Waals surface area contributed by atoms with Crippen molar-refractivity contribution in [3.63, 3.8) is 0 Å². The van der Waals surface area contributed by atoms with Crippen molar-refractivity contribution in [3.05, 3.63) is 127 Å². The summed E-state index contributed by atoms with van der Waals surface area (Å²) in [7, 11) is -3.35. The normalized spacial score (nSPS) is 12.1. The highest BCUT2D eigenvalue weighted by atomic mass is 79.9. The molecule has 0 aliphatic carbocycles. The van der Waals surface area contributed by atoms with Crippen LogP contribution in [0.15, 0.2) is 100 Å². The molecule has 264 valence electrons. The summed E-state index contributed by atoms with van der Waals surface area (Å²) in [5.41, 5.74) is 0.581. The summed E-state index contributed by atoms with van der Waals surface area (Å²) in [6.45, 7) is 6.11. The molecule has 4 rings (SSSR count). The van der Waals surface area contributed by atoms with Gasteiger partial charge in [-0.3, -0.25) is 24.0 Å². The zero-order valence-corrected chi connectivity index (χ0v) is 31.4. The number of nitrogens with one attached hydrogen (secondary N) is 1. The summed E-state index contributed by atoms with van der Waals surface area (Å²) in [6.07, 6.45) is 0.125. The number of nitro groups is 1. The van der Waals surface area contributed by atoms with Crippen LogP contribution in [0, 0.1) is 17.0 Å². The molecule has 4 aromatic carbocycles. The number of hydrogen-bond donors (Lipinski definition) is 1. The molecule has 0 heterocycles. The zero-order chi connectivity index (χ0) is 36.8. The first kappa shape index (κ1) is 38.3. The predicted octanol–water partition coefficient (Wildman–Crippen LogP) is 7.08. The number of hydrogen-bond acceptors (Lipinski definition) is 7. The third-order valence-electron chi connectivity index (χ3n) is 7.66. The van der Waals surface area contributed by atoms with E-state index in [1.54, 1.807) is 12.1 Å². The highest BCUT2D eigenvalue weighted by Crippen LogP contribution is 2.36. The molecule has 1 N–H and O–H groups in total. The summed E-state index contributed by atoms with van der Waals surface area (Å²) in [6, 6.07) is 23.1. The number of benzene rings is 4. The third-order valence-corrected chi connectivity index (χ3v) is 10.1. The fraction of sp³-hybridized carbons (Fsp3) is 0.278. The first-order valence-corrected chi connectivity index (χ1v) is 18.1. The van der Waals surface area contributed by atoms with Gasteiger partial charge in [0.2, 0.25) is 11.8 Å². The number of methoxy groups -OCH3 is 1. The van der Waals surface area contributed by atoms with Gasteiger partial charge in [-0.05, 0) is 75.2 Å². The second-order valence-corrected chi connectivity index (χ2v) is 15.8. The highest BCUT2D eigenvalue weighted by Gasteiger charge is 2.37. The topological polar surface area (TPSA) is 139 Å². The lowest BCUT2D eigenvalue weighted by Crippen LogP contribution is -2.56. The monoisotopic (exact) mass is 784 g/mol. The van der Waals surface area contributed by atoms with E-state index in [2.05, 4.69) is 21.2 Å². The average molecular weight is 786 g/mol. The van der Waals surface area contributed by atoms with Crippen molar-refractivity contribution in [2.75, 3.05) is 18.0 Å². The van der Waals surface area contributed by atoms with Gasteiger partial charge < -0.3 is 15.0 Å². The third kappa shape index (κ3) is 9.61. The molecule has 0 spiro atoms. The molecule has 0 fully saturated rings. The molecule has 2 amide bonds. The lowest BCUT2D eigenvalue weighted by molar-refractivity contribution is -0.385. The Labute approximate surface area is 305 Å². The Bertz CT molecular complexity index is 1990. The summed E-state index contributed by atoms with van der Waals surface area (Å²) in [5, 5.41) is 14.9. The van der Waals surface area contributed by atoms with Crippen molar-refractivity contribution in [2.24, 2.45) is 0 Å². The minimum atomic E-state index is -4.68. The van der Waals surface area contributed by atoms with Crippen LogP contribution >= 0.6 is 27.5 Å². The van der Waals surface area contributed by atoms with Crippen LogP contribution in [0.1, 0.15) is 37.5 Å². The maximum Gasteiger partial charge on any atom is 0.273 e. The molecular weight excluding hydrogens is 748 g/mol. The van der Waals surface area contributed by atoms with Crippen LogP contribution in [-0.2, 0) is 32.6 Å². The molecule has 0 bridgehead atoms. The number of rotatable bonds is 13. The Morgan fingerprint density at radius 3 is 2.28 bits per heavy atom. The van der Waals surface area contributed by atoms with Gasteiger partial charge in [-0.1, -0.05) is 76.1 Å². The number of nitro benzene ring substituents is 1. The molecule has 0 aliphatic rings. The van der Waals surface area contributed by atoms with Gasteiger partial charge in [-0.2, -0.15) is 0 Å². The molecule has 14 heteroatoms. The number of amides is 2. The SMILES string of the molecule is COc1ccc(Cl)cc1N(CC(=O)N(Cc1cccc(Br)c1)[C@@H](Cc1ccccc1)C(=O)NC(C)(C)C)S(=O)(=O)c1ccc(C)c([N+](=O)[O-])c1. The molecule has 50 heavy (non-hydrogen) atoms. The van der Waals surface area contributed by atoms with Gasteiger partial charge in [0.25, 0.3) is 15.7 Å². The number of ether oxygens (including phenoxy) is 1. The van der Waals surface area contributed by atoms with Gasteiger partial charge >= 0.3 is 0 Å². The Morgan fingerprint density at radius 2 is 1.66 bits per heavy atom. The van der Waals surface area contributed by atoms with Gasteiger partial charge in [-0.25, -0.2) is 8.42 Å². The maximum atomic E-state index is 14.8. The molecule has 0 unspecified atom stereocenters. The van der Waals surface area contributed by atoms with E-state index < -0.39 is 55.5 Å². The summed E-state index contributed by atoms with van der Waals surface area (Å²) < 4.78 is 36.0. The summed E-state index contributed by atoms with van der Waals surface area (Å²) in [4.78, 5) is 40.9. The minimum absolute atomic E-state index is 0.0517. The van der Waals surface area contributed by atoms with Crippen LogP contribution in [0.3, 0.4) is 0 Å². The number of sulfonamides is 1. The van der Waals surface area contributed by atoms with Crippen LogP contribution in [0.25, 0.3) is 0 Å². The first-order valence-electron chi connectivity index (χ1n) is 15.5. The summed E-state index contributed by atoms with van der Waals surface area (Å²) in [5.74, 6) is -1.08. The molecule has 0 radical (unpaired) electrons. The number of aryl methyl sites for hydroxylation is 1. The molecule has 1 atom stereocenters. The van der Waals surface area contributed by atoms with E-state index in [4.69, 9.17) is 16.3 Å². The van der Waals surface area contributed by atoms with Crippen molar-refractivity contribution >= 4 is 60.7 Å². The molecular formula is C36H38BrClN4O7S. The molecule has 0 saturated carbocycles. The van der Waals surface area contributed by atoms with Crippen molar-refractivity contribution in [1.29, 1.82) is 0 Å². The molecule has 0 aliphatic heterocycles. The largest absolute Gasteiger partial charge is 0.495 e. The second kappa shape index (κ2) is 16.0. The first-order chi connectivity index (χ1) is 23.5. The van der Waals surface area contributed by atoms with E-state index in [1.165, 1.54) is 49.3 Å². The lowest BCUT2D eigenvalue weighted by atomic mass is 10.0. The van der Waals surface area contributed by atoms with Crippen LogP contribution in [0.2, 0.25) is 5.02 Å². The lowest BCUT2D eigenvalue weighted by Gasteiger charge is -2.35. The zero-order valence-electron chi connectivity index (χ0n) is 28.2. The van der Waals surface area contributed by atoms with Crippen molar-refractivity contribution in [2.45, 2.75) is 57.1 Å². The Kier molecular flexibility index (Phi) is 12.3. The minimum Gasteiger partial charge on any atom is -0.495 e. The van der Waals surface area contributed by atoms with Crippen LogP contribution < -0.4 is 14.4 Å². The van der Waals surface area contributed by atoms with E-state index in [-0.39, 0.29) is 35.0 Å². The molecule has 4 aromatic rings. The number of carbonyl (C=O) groups excluding carboxylic acids is 2. The van der Waals surface area contributed by atoms with Gasteiger partial charge in [0.05, 0.1) is 22.6 Å². The van der Waals surface area contributed by atoms with Crippen molar-refractivity contribution in [1.82, 2.24) is 10.2 Å². The molecule has 0 saturated heterocycles. The predicted molar refractivity (Wildman–Crippen MR) is 197 cm³/mol. The van der Waals surface area contributed by atoms with E-state index in [9.17, 15) is 28.1 Å². The number of halogens is 2. The fourth-order valence-corrected chi connectivity index (χ4v) is 7.33. The molecule has 11 nitrogen and oxygen atoms in total. The van der Waals surface area contributed by atoms with E-state index in [0.717, 1.165) is 20.4 Å². The fourth-order valence-electron chi connectivity index (χ4n) is 5.28. The van der Waals surface area contributed by atoms with Crippen molar-refractivity contribution in [3.8, 4) is 5.75 Å². The van der Waals surface area contributed by atoms with E-state index in [1.807, 2.05) is 63.2 Å². The second-order valence-electron chi connectivity index (χ2n) is 12.6. The Morgan fingerprint density at radius 1 is 0.980 bits per heavy atom. The van der Waals surface area contributed by atoms with E-state index >= 15 is 0 Å². The number of anilines is 1. The maximum absolute atomic E-state index is 14.8.